The van der Waals surface area contributed by atoms with Crippen molar-refractivity contribution in [1.29, 1.82) is 0 Å². The van der Waals surface area contributed by atoms with Crippen LogP contribution in [-0.2, 0) is 6.54 Å². The van der Waals surface area contributed by atoms with Crippen molar-refractivity contribution in [3.8, 4) is 0 Å². The van der Waals surface area contributed by atoms with Gasteiger partial charge in [-0.05, 0) is 36.8 Å². The average molecular weight is 286 g/mol. The van der Waals surface area contributed by atoms with Crippen LogP contribution in [0.1, 0.15) is 24.1 Å². The molecule has 3 aromatic rings. The Morgan fingerprint density at radius 3 is 2.80 bits per heavy atom. The second-order valence-electron chi connectivity index (χ2n) is 4.85. The molecule has 2 heterocycles. The lowest BCUT2D eigenvalue weighted by Gasteiger charge is -2.13. The Bertz CT molecular complexity index is 703. The van der Waals surface area contributed by atoms with E-state index < -0.39 is 0 Å². The minimum absolute atomic E-state index is 0.269. The van der Waals surface area contributed by atoms with E-state index >= 15 is 0 Å². The monoisotopic (exact) mass is 285 g/mol. The van der Waals surface area contributed by atoms with E-state index in [1.165, 1.54) is 11.1 Å². The number of benzene rings is 1. The van der Waals surface area contributed by atoms with Crippen LogP contribution in [0.4, 0.5) is 0 Å². The fourth-order valence-electron chi connectivity index (χ4n) is 2.26. The molecule has 0 saturated heterocycles. The zero-order chi connectivity index (χ0) is 13.9. The molecule has 0 aliphatic rings. The molecule has 3 nitrogen and oxygen atoms in total. The Balaban J connectivity index is 1.71. The molecule has 0 aliphatic heterocycles. The van der Waals surface area contributed by atoms with Crippen LogP contribution >= 0.6 is 11.6 Å². The summed E-state index contributed by atoms with van der Waals surface area (Å²) >= 11 is 5.91. The van der Waals surface area contributed by atoms with E-state index in [1.807, 2.05) is 41.2 Å². The summed E-state index contributed by atoms with van der Waals surface area (Å²) < 4.78 is 1.89. The van der Waals surface area contributed by atoms with Gasteiger partial charge >= 0.3 is 0 Å². The van der Waals surface area contributed by atoms with Crippen molar-refractivity contribution in [2.75, 3.05) is 0 Å². The molecule has 0 radical (unpaired) electrons. The van der Waals surface area contributed by atoms with E-state index in [0.717, 1.165) is 17.1 Å². The summed E-state index contributed by atoms with van der Waals surface area (Å²) in [5.74, 6) is 0. The van der Waals surface area contributed by atoms with Gasteiger partial charge in [0, 0.05) is 29.4 Å². The molecule has 0 bridgehead atoms. The van der Waals surface area contributed by atoms with Gasteiger partial charge in [0.2, 0.25) is 0 Å². The number of hydrogen-bond donors (Lipinski definition) is 1. The third kappa shape index (κ3) is 2.69. The summed E-state index contributed by atoms with van der Waals surface area (Å²) in [6.45, 7) is 2.94. The zero-order valence-corrected chi connectivity index (χ0v) is 12.0. The maximum absolute atomic E-state index is 5.91. The van der Waals surface area contributed by atoms with Crippen molar-refractivity contribution in [3.05, 3.63) is 71.0 Å². The molecule has 20 heavy (non-hydrogen) atoms. The molecule has 102 valence electrons. The lowest BCUT2D eigenvalue weighted by molar-refractivity contribution is 0.576. The van der Waals surface area contributed by atoms with Gasteiger partial charge in [-0.3, -0.25) is 0 Å². The van der Waals surface area contributed by atoms with Crippen molar-refractivity contribution in [1.82, 2.24) is 14.9 Å². The van der Waals surface area contributed by atoms with Gasteiger partial charge in [-0.1, -0.05) is 29.8 Å². The van der Waals surface area contributed by atoms with Crippen molar-refractivity contribution < 1.29 is 0 Å². The van der Waals surface area contributed by atoms with Gasteiger partial charge in [-0.2, -0.15) is 5.10 Å². The fourth-order valence-corrected chi connectivity index (χ4v) is 2.38. The van der Waals surface area contributed by atoms with Gasteiger partial charge < -0.3 is 5.32 Å². The number of hydrogen-bond acceptors (Lipinski definition) is 2. The lowest BCUT2D eigenvalue weighted by atomic mass is 10.1. The first-order chi connectivity index (χ1) is 9.74. The normalized spacial score (nSPS) is 12.7. The highest BCUT2D eigenvalue weighted by molar-refractivity contribution is 6.30. The van der Waals surface area contributed by atoms with Gasteiger partial charge in [0.15, 0.2) is 0 Å². The number of nitrogens with one attached hydrogen (secondary N) is 1. The van der Waals surface area contributed by atoms with E-state index in [9.17, 15) is 0 Å². The summed E-state index contributed by atoms with van der Waals surface area (Å²) in [5.41, 5.74) is 3.57. The maximum Gasteiger partial charge on any atom is 0.0706 e. The summed E-state index contributed by atoms with van der Waals surface area (Å²) in [4.78, 5) is 0. The highest BCUT2D eigenvalue weighted by Crippen LogP contribution is 2.17. The Morgan fingerprint density at radius 1 is 1.20 bits per heavy atom. The Hall–Kier alpha value is -1.84. The minimum Gasteiger partial charge on any atom is -0.306 e. The van der Waals surface area contributed by atoms with Gasteiger partial charge in [0.05, 0.1) is 11.7 Å². The molecule has 0 aliphatic carbocycles. The Kier molecular flexibility index (Phi) is 3.72. The molecule has 0 amide bonds. The molecule has 1 aromatic carbocycles. The number of rotatable bonds is 4. The van der Waals surface area contributed by atoms with Crippen LogP contribution in [0.25, 0.3) is 5.52 Å². The van der Waals surface area contributed by atoms with E-state index in [2.05, 4.69) is 35.5 Å². The second-order valence-corrected chi connectivity index (χ2v) is 5.29. The predicted octanol–water partition coefficient (Wildman–Crippen LogP) is 3.84. The molecule has 0 fully saturated rings. The van der Waals surface area contributed by atoms with Gasteiger partial charge in [-0.15, -0.1) is 0 Å². The van der Waals surface area contributed by atoms with Crippen molar-refractivity contribution in [2.45, 2.75) is 19.5 Å². The smallest absolute Gasteiger partial charge is 0.0706 e. The number of nitrogens with zero attached hydrogens (tertiary/aromatic N) is 2. The predicted molar refractivity (Wildman–Crippen MR) is 81.9 cm³/mol. The van der Waals surface area contributed by atoms with Crippen LogP contribution in [0.15, 0.2) is 54.9 Å². The molecular weight excluding hydrogens is 270 g/mol. The second kappa shape index (κ2) is 5.65. The van der Waals surface area contributed by atoms with Crippen molar-refractivity contribution >= 4 is 17.1 Å². The van der Waals surface area contributed by atoms with E-state index in [-0.39, 0.29) is 6.04 Å². The third-order valence-corrected chi connectivity index (χ3v) is 3.73. The van der Waals surface area contributed by atoms with Gasteiger partial charge in [0.25, 0.3) is 0 Å². The molecule has 0 unspecified atom stereocenters. The fraction of sp³-hybridized carbons (Fsp3) is 0.188. The van der Waals surface area contributed by atoms with E-state index in [1.54, 1.807) is 0 Å². The van der Waals surface area contributed by atoms with Crippen LogP contribution in [0.5, 0.6) is 0 Å². The molecule has 0 spiro atoms. The Labute approximate surface area is 123 Å². The van der Waals surface area contributed by atoms with E-state index in [4.69, 9.17) is 11.6 Å². The third-order valence-electron chi connectivity index (χ3n) is 3.47. The first-order valence-corrected chi connectivity index (χ1v) is 7.02. The SMILES string of the molecule is C[C@H](NCc1cnn2ccccc12)c1ccc(Cl)cc1. The van der Waals surface area contributed by atoms with Crippen LogP contribution in [0, 0.1) is 0 Å². The van der Waals surface area contributed by atoms with Crippen LogP contribution < -0.4 is 5.32 Å². The van der Waals surface area contributed by atoms with Gasteiger partial charge in [-0.25, -0.2) is 4.52 Å². The summed E-state index contributed by atoms with van der Waals surface area (Å²) in [6, 6.07) is 14.3. The standard InChI is InChI=1S/C16H16ClN3/c1-12(13-5-7-15(17)8-6-13)18-10-14-11-19-20-9-3-2-4-16(14)20/h2-9,11-12,18H,10H2,1H3/t12-/m0/s1. The number of aromatic nitrogens is 2. The molecule has 3 rings (SSSR count). The molecule has 1 atom stereocenters. The Morgan fingerprint density at radius 2 is 2.00 bits per heavy atom. The van der Waals surface area contributed by atoms with Crippen molar-refractivity contribution in [2.24, 2.45) is 0 Å². The molecule has 1 N–H and O–H groups in total. The van der Waals surface area contributed by atoms with E-state index in [0.29, 0.717) is 0 Å². The molecular formula is C16H16ClN3. The number of pyridine rings is 1. The minimum atomic E-state index is 0.269. The van der Waals surface area contributed by atoms with Gasteiger partial charge in [0.1, 0.15) is 0 Å². The summed E-state index contributed by atoms with van der Waals surface area (Å²) in [5, 5.41) is 8.62. The van der Waals surface area contributed by atoms with Crippen LogP contribution in [0.3, 0.4) is 0 Å². The number of halogens is 1. The zero-order valence-electron chi connectivity index (χ0n) is 11.3. The van der Waals surface area contributed by atoms with Crippen LogP contribution in [0.2, 0.25) is 5.02 Å². The largest absolute Gasteiger partial charge is 0.306 e. The molecule has 4 heteroatoms. The maximum atomic E-state index is 5.91. The summed E-state index contributed by atoms with van der Waals surface area (Å²) in [6.07, 6.45) is 3.87. The number of fused-ring (bicyclic) bond motifs is 1. The molecule has 0 saturated carbocycles. The topological polar surface area (TPSA) is 29.3 Å². The first kappa shape index (κ1) is 13.2. The molecule has 2 aromatic heterocycles. The quantitative estimate of drug-likeness (QED) is 0.789. The highest BCUT2D eigenvalue weighted by Gasteiger charge is 2.07. The first-order valence-electron chi connectivity index (χ1n) is 6.64. The highest BCUT2D eigenvalue weighted by atomic mass is 35.5. The van der Waals surface area contributed by atoms with Crippen LogP contribution in [-0.4, -0.2) is 9.61 Å². The van der Waals surface area contributed by atoms with Crippen molar-refractivity contribution in [3.63, 3.8) is 0 Å². The average Bonchev–Trinajstić information content (AvgIpc) is 2.89. The summed E-state index contributed by atoms with van der Waals surface area (Å²) in [7, 11) is 0. The lowest BCUT2D eigenvalue weighted by Crippen LogP contribution is -2.17.